The van der Waals surface area contributed by atoms with Crippen LogP contribution < -0.4 is 10.6 Å². The molecule has 0 saturated carbocycles. The molecule has 1 aromatic carbocycles. The van der Waals surface area contributed by atoms with Crippen molar-refractivity contribution in [1.82, 2.24) is 0 Å². The van der Waals surface area contributed by atoms with E-state index in [-0.39, 0.29) is 0 Å². The van der Waals surface area contributed by atoms with E-state index in [0.717, 1.165) is 34.8 Å². The van der Waals surface area contributed by atoms with Crippen molar-refractivity contribution in [1.29, 1.82) is 0 Å². The molecule has 2 N–H and O–H groups in total. The second-order valence-electron chi connectivity index (χ2n) is 4.98. The van der Waals surface area contributed by atoms with Crippen LogP contribution in [0.15, 0.2) is 34.3 Å². The highest BCUT2D eigenvalue weighted by atomic mass is 32.2. The zero-order valence-corrected chi connectivity index (χ0v) is 13.2. The van der Waals surface area contributed by atoms with Crippen LogP contribution in [0.2, 0.25) is 0 Å². The first kappa shape index (κ1) is 13.8. The summed E-state index contributed by atoms with van der Waals surface area (Å²) < 4.78 is 0. The third kappa shape index (κ3) is 3.49. The molecule has 0 aliphatic carbocycles. The van der Waals surface area contributed by atoms with Crippen LogP contribution in [-0.4, -0.2) is 33.9 Å². The summed E-state index contributed by atoms with van der Waals surface area (Å²) in [4.78, 5) is 8.91. The third-order valence-corrected chi connectivity index (χ3v) is 5.01. The molecule has 0 aromatic heterocycles. The smallest absolute Gasteiger partial charge is 0.161 e. The predicted molar refractivity (Wildman–Crippen MR) is 92.4 cm³/mol. The fourth-order valence-electron chi connectivity index (χ4n) is 1.97. The van der Waals surface area contributed by atoms with Gasteiger partial charge in [0.15, 0.2) is 10.3 Å². The van der Waals surface area contributed by atoms with Gasteiger partial charge in [0.2, 0.25) is 0 Å². The van der Waals surface area contributed by atoms with Gasteiger partial charge in [0.05, 0.1) is 13.1 Å². The summed E-state index contributed by atoms with van der Waals surface area (Å²) in [6.07, 6.45) is 0. The summed E-state index contributed by atoms with van der Waals surface area (Å²) in [5, 5.41) is 9.89. The van der Waals surface area contributed by atoms with E-state index >= 15 is 0 Å². The molecule has 0 saturated heterocycles. The van der Waals surface area contributed by atoms with Gasteiger partial charge in [0, 0.05) is 21.9 Å². The molecule has 0 unspecified atom stereocenters. The third-order valence-electron chi connectivity index (χ3n) is 3.00. The fourth-order valence-corrected chi connectivity index (χ4v) is 3.69. The summed E-state index contributed by atoms with van der Waals surface area (Å²) in [7, 11) is 0. The second-order valence-corrected chi connectivity index (χ2v) is 7.83. The molecule has 2 heterocycles. The first-order valence-electron chi connectivity index (χ1n) is 6.75. The van der Waals surface area contributed by atoms with Gasteiger partial charge in [0.25, 0.3) is 0 Å². The number of nitrogens with zero attached hydrogens (tertiary/aromatic N) is 2. The monoisotopic (exact) mass is 306 g/mol. The largest absolute Gasteiger partial charge is 0.335 e. The number of thioether (sulfide) groups is 2. The Balaban J connectivity index is 1.57. The van der Waals surface area contributed by atoms with Gasteiger partial charge in [-0.3, -0.25) is 9.98 Å². The Morgan fingerprint density at radius 2 is 1.25 bits per heavy atom. The van der Waals surface area contributed by atoms with Crippen molar-refractivity contribution in [3.8, 4) is 0 Å². The van der Waals surface area contributed by atoms with E-state index in [1.165, 1.54) is 0 Å². The molecule has 2 atom stereocenters. The molecular weight excluding hydrogens is 288 g/mol. The lowest BCUT2D eigenvalue weighted by Gasteiger charge is -2.09. The zero-order valence-electron chi connectivity index (χ0n) is 11.6. The molecule has 2 aliphatic heterocycles. The molecule has 0 fully saturated rings. The molecule has 0 radical (unpaired) electrons. The lowest BCUT2D eigenvalue weighted by atomic mass is 10.3. The molecule has 0 bridgehead atoms. The van der Waals surface area contributed by atoms with Gasteiger partial charge in [-0.05, 0) is 24.3 Å². The number of nitrogens with one attached hydrogen (secondary N) is 2. The van der Waals surface area contributed by atoms with E-state index in [1.54, 1.807) is 23.5 Å². The summed E-state index contributed by atoms with van der Waals surface area (Å²) in [5.41, 5.74) is 2.15. The number of anilines is 2. The van der Waals surface area contributed by atoms with E-state index in [4.69, 9.17) is 0 Å². The maximum atomic E-state index is 4.46. The number of hydrogen-bond donors (Lipinski definition) is 2. The topological polar surface area (TPSA) is 48.8 Å². The van der Waals surface area contributed by atoms with Crippen molar-refractivity contribution in [3.05, 3.63) is 24.3 Å². The normalized spacial score (nSPS) is 25.3. The van der Waals surface area contributed by atoms with Crippen molar-refractivity contribution in [3.63, 3.8) is 0 Å². The maximum absolute atomic E-state index is 4.46. The Labute approximate surface area is 127 Å². The molecule has 0 spiro atoms. The number of hydrogen-bond acceptors (Lipinski definition) is 6. The minimum atomic E-state index is 0.581. The van der Waals surface area contributed by atoms with Crippen molar-refractivity contribution < 1.29 is 0 Å². The van der Waals surface area contributed by atoms with Crippen molar-refractivity contribution in [2.24, 2.45) is 9.98 Å². The Morgan fingerprint density at radius 1 is 0.850 bits per heavy atom. The molecule has 106 valence electrons. The Hall–Kier alpha value is -1.14. The van der Waals surface area contributed by atoms with Crippen LogP contribution in [0.25, 0.3) is 0 Å². The molecule has 2 aliphatic rings. The fraction of sp³-hybridized carbons (Fsp3) is 0.429. The first-order valence-corrected chi connectivity index (χ1v) is 8.51. The molecule has 3 rings (SSSR count). The Morgan fingerprint density at radius 3 is 1.55 bits per heavy atom. The first-order chi connectivity index (χ1) is 9.69. The summed E-state index contributed by atoms with van der Waals surface area (Å²) >= 11 is 3.58. The van der Waals surface area contributed by atoms with E-state index in [1.807, 2.05) is 0 Å². The highest BCUT2D eigenvalue weighted by Crippen LogP contribution is 2.24. The van der Waals surface area contributed by atoms with E-state index < -0.39 is 0 Å². The van der Waals surface area contributed by atoms with Crippen LogP contribution in [0.1, 0.15) is 13.8 Å². The predicted octanol–water partition coefficient (Wildman–Crippen LogP) is 3.49. The number of amidine groups is 2. The zero-order chi connectivity index (χ0) is 13.9. The van der Waals surface area contributed by atoms with Crippen LogP contribution in [-0.2, 0) is 0 Å². The highest BCUT2D eigenvalue weighted by molar-refractivity contribution is 8.15. The number of rotatable bonds is 2. The highest BCUT2D eigenvalue weighted by Gasteiger charge is 2.16. The molecule has 6 heteroatoms. The van der Waals surface area contributed by atoms with Crippen LogP contribution in [0.4, 0.5) is 11.4 Å². The van der Waals surface area contributed by atoms with E-state index in [0.29, 0.717) is 10.5 Å². The van der Waals surface area contributed by atoms with Crippen LogP contribution in [0, 0.1) is 0 Å². The van der Waals surface area contributed by atoms with Crippen molar-refractivity contribution >= 4 is 45.2 Å². The summed E-state index contributed by atoms with van der Waals surface area (Å²) in [6, 6.07) is 8.27. The van der Waals surface area contributed by atoms with Gasteiger partial charge in [0.1, 0.15) is 0 Å². The molecule has 0 amide bonds. The lowest BCUT2D eigenvalue weighted by molar-refractivity contribution is 0.976. The molecule has 20 heavy (non-hydrogen) atoms. The molecular formula is C14H18N4S2. The minimum Gasteiger partial charge on any atom is -0.335 e. The molecule has 1 aromatic rings. The van der Waals surface area contributed by atoms with Gasteiger partial charge in [-0.25, -0.2) is 0 Å². The SMILES string of the molecule is C[C@@H]1CN=C(Nc2ccc(NC3=NC[C@H](C)S3)cc2)S1. The van der Waals surface area contributed by atoms with E-state index in [2.05, 4.69) is 58.7 Å². The van der Waals surface area contributed by atoms with Crippen LogP contribution in [0.5, 0.6) is 0 Å². The Bertz CT molecular complexity index is 490. The van der Waals surface area contributed by atoms with Gasteiger partial charge < -0.3 is 10.6 Å². The minimum absolute atomic E-state index is 0.581. The van der Waals surface area contributed by atoms with Gasteiger partial charge in [-0.15, -0.1) is 0 Å². The van der Waals surface area contributed by atoms with E-state index in [9.17, 15) is 0 Å². The van der Waals surface area contributed by atoms with Gasteiger partial charge in [-0.2, -0.15) is 0 Å². The average Bonchev–Trinajstić information content (AvgIpc) is 3.01. The van der Waals surface area contributed by atoms with Crippen LogP contribution >= 0.6 is 23.5 Å². The van der Waals surface area contributed by atoms with Crippen molar-refractivity contribution in [2.45, 2.75) is 24.3 Å². The summed E-state index contributed by atoms with van der Waals surface area (Å²) in [5.74, 6) is 0. The number of benzene rings is 1. The number of aliphatic imine (C=N–C) groups is 2. The Kier molecular flexibility index (Phi) is 4.21. The maximum Gasteiger partial charge on any atom is 0.161 e. The lowest BCUT2D eigenvalue weighted by Crippen LogP contribution is -2.07. The van der Waals surface area contributed by atoms with Gasteiger partial charge in [-0.1, -0.05) is 37.4 Å². The quantitative estimate of drug-likeness (QED) is 0.878. The standard InChI is InChI=1S/C14H18N4S2/c1-9-7-15-13(19-9)17-11-3-5-12(6-4-11)18-14-16-8-10(2)20-14/h3-6,9-10H,7-8H2,1-2H3,(H,15,17)(H,16,18)/t9-,10+. The van der Waals surface area contributed by atoms with Gasteiger partial charge >= 0.3 is 0 Å². The van der Waals surface area contributed by atoms with Crippen molar-refractivity contribution in [2.75, 3.05) is 23.7 Å². The second kappa shape index (κ2) is 6.10. The average molecular weight is 306 g/mol. The summed E-state index contributed by atoms with van der Waals surface area (Å²) in [6.45, 7) is 6.19. The van der Waals surface area contributed by atoms with Crippen LogP contribution in [0.3, 0.4) is 0 Å². The molecule has 4 nitrogen and oxygen atoms in total.